The Morgan fingerprint density at radius 3 is 3.08 bits per heavy atom. The van der Waals surface area contributed by atoms with Crippen molar-refractivity contribution in [1.29, 1.82) is 0 Å². The molecule has 0 aliphatic heterocycles. The molecule has 3 heteroatoms. The first-order valence-electron chi connectivity index (χ1n) is 4.17. The van der Waals surface area contributed by atoms with Crippen LogP contribution in [-0.4, -0.2) is 10.1 Å². The molecule has 1 aromatic heterocycles. The van der Waals surface area contributed by atoms with Crippen LogP contribution >= 0.6 is 15.9 Å². The third-order valence-corrected chi connectivity index (χ3v) is 2.91. The third-order valence-electron chi connectivity index (χ3n) is 2.47. The second-order valence-corrected chi connectivity index (χ2v) is 4.08. The molecule has 0 spiro atoms. The summed E-state index contributed by atoms with van der Waals surface area (Å²) in [5, 5.41) is 10.1. The number of nitrogens with zero attached hydrogens (tertiary/aromatic N) is 1. The Kier molecular flexibility index (Phi) is 2.00. The fourth-order valence-electron chi connectivity index (χ4n) is 1.68. The van der Waals surface area contributed by atoms with Gasteiger partial charge in [-0.25, -0.2) is 4.98 Å². The first-order valence-corrected chi connectivity index (χ1v) is 4.97. The number of aryl methyl sites for hydroxylation is 1. The van der Waals surface area contributed by atoms with Crippen LogP contribution in [0.4, 0.5) is 0 Å². The number of rotatable bonds is 1. The molecule has 1 atom stereocenters. The fourth-order valence-corrected chi connectivity index (χ4v) is 1.99. The van der Waals surface area contributed by atoms with Gasteiger partial charge in [0.1, 0.15) is 10.2 Å². The summed E-state index contributed by atoms with van der Waals surface area (Å²) in [5.74, 6) is 0. The number of aromatic nitrogens is 1. The van der Waals surface area contributed by atoms with Crippen LogP contribution in [0.2, 0.25) is 0 Å². The van der Waals surface area contributed by atoms with Gasteiger partial charge in [0.25, 0.3) is 0 Å². The van der Waals surface area contributed by atoms with Crippen molar-refractivity contribution >= 4 is 15.9 Å². The summed E-state index contributed by atoms with van der Waals surface area (Å²) in [6.07, 6.45) is 3.13. The number of aliphatic hydroxyl groups is 1. The number of pyridine rings is 1. The van der Waals surface area contributed by atoms with E-state index in [0.29, 0.717) is 6.42 Å². The van der Waals surface area contributed by atoms with Crippen molar-refractivity contribution in [1.82, 2.24) is 4.98 Å². The Balaban J connectivity index is 2.58. The maximum Gasteiger partial charge on any atom is 0.125 e. The number of halogens is 1. The summed E-state index contributed by atoms with van der Waals surface area (Å²) >= 11 is 3.29. The summed E-state index contributed by atoms with van der Waals surface area (Å²) in [4.78, 5) is 4.27. The van der Waals surface area contributed by atoms with Gasteiger partial charge in [-0.3, -0.25) is 0 Å². The van der Waals surface area contributed by atoms with E-state index in [9.17, 15) is 5.11 Å². The van der Waals surface area contributed by atoms with Crippen LogP contribution < -0.4 is 0 Å². The molecule has 13 heavy (non-hydrogen) atoms. The van der Waals surface area contributed by atoms with E-state index in [2.05, 4.69) is 27.5 Å². The SMILES string of the molecule is C=CC1(O)CCc2ccc(Br)nc21. The molecule has 0 saturated carbocycles. The minimum absolute atomic E-state index is 0.690. The number of hydrogen-bond donors (Lipinski definition) is 1. The largest absolute Gasteiger partial charge is 0.379 e. The summed E-state index contributed by atoms with van der Waals surface area (Å²) < 4.78 is 0.758. The predicted molar refractivity (Wildman–Crippen MR) is 54.4 cm³/mol. The Morgan fingerprint density at radius 1 is 1.62 bits per heavy atom. The van der Waals surface area contributed by atoms with Gasteiger partial charge >= 0.3 is 0 Å². The summed E-state index contributed by atoms with van der Waals surface area (Å²) in [6, 6.07) is 3.89. The molecule has 1 N–H and O–H groups in total. The first kappa shape index (κ1) is 8.91. The van der Waals surface area contributed by atoms with Gasteiger partial charge in [-0.05, 0) is 40.4 Å². The second-order valence-electron chi connectivity index (χ2n) is 3.27. The minimum atomic E-state index is -0.918. The Morgan fingerprint density at radius 2 is 2.38 bits per heavy atom. The van der Waals surface area contributed by atoms with Crippen molar-refractivity contribution < 1.29 is 5.11 Å². The van der Waals surface area contributed by atoms with Crippen LogP contribution in [0.15, 0.2) is 29.4 Å². The van der Waals surface area contributed by atoms with Gasteiger partial charge in [0.05, 0.1) is 5.69 Å². The first-order chi connectivity index (χ1) is 6.15. The highest BCUT2D eigenvalue weighted by Crippen LogP contribution is 2.36. The monoisotopic (exact) mass is 239 g/mol. The van der Waals surface area contributed by atoms with Crippen molar-refractivity contribution in [2.75, 3.05) is 0 Å². The molecule has 1 aromatic rings. The van der Waals surface area contributed by atoms with Gasteiger partial charge in [-0.1, -0.05) is 18.7 Å². The van der Waals surface area contributed by atoms with E-state index in [4.69, 9.17) is 0 Å². The zero-order valence-corrected chi connectivity index (χ0v) is 8.71. The topological polar surface area (TPSA) is 33.1 Å². The molecule has 0 fully saturated rings. The van der Waals surface area contributed by atoms with E-state index in [1.807, 2.05) is 12.1 Å². The van der Waals surface area contributed by atoms with E-state index in [0.717, 1.165) is 22.3 Å². The summed E-state index contributed by atoms with van der Waals surface area (Å²) in [6.45, 7) is 3.64. The van der Waals surface area contributed by atoms with Crippen molar-refractivity contribution in [3.8, 4) is 0 Å². The predicted octanol–water partition coefficient (Wildman–Crippen LogP) is 2.16. The molecule has 0 bridgehead atoms. The molecule has 0 aromatic carbocycles. The quantitative estimate of drug-likeness (QED) is 0.602. The highest BCUT2D eigenvalue weighted by atomic mass is 79.9. The summed E-state index contributed by atoms with van der Waals surface area (Å²) in [5.41, 5.74) is 0.946. The van der Waals surface area contributed by atoms with Gasteiger partial charge in [-0.15, -0.1) is 0 Å². The number of hydrogen-bond acceptors (Lipinski definition) is 2. The Bertz CT molecular complexity index is 364. The molecule has 2 nitrogen and oxygen atoms in total. The van der Waals surface area contributed by atoms with Crippen LogP contribution in [0.1, 0.15) is 17.7 Å². The van der Waals surface area contributed by atoms with Crippen LogP contribution in [0.3, 0.4) is 0 Å². The van der Waals surface area contributed by atoms with E-state index in [-0.39, 0.29) is 0 Å². The van der Waals surface area contributed by atoms with Crippen LogP contribution in [0, 0.1) is 0 Å². The lowest BCUT2D eigenvalue weighted by Crippen LogP contribution is -2.19. The highest BCUT2D eigenvalue weighted by molar-refractivity contribution is 9.10. The molecule has 1 heterocycles. The van der Waals surface area contributed by atoms with Crippen LogP contribution in [-0.2, 0) is 12.0 Å². The molecule has 68 valence electrons. The van der Waals surface area contributed by atoms with Gasteiger partial charge in [0, 0.05) is 0 Å². The van der Waals surface area contributed by atoms with Gasteiger partial charge in [0.15, 0.2) is 0 Å². The average molecular weight is 240 g/mol. The maximum atomic E-state index is 10.1. The van der Waals surface area contributed by atoms with E-state index < -0.39 is 5.60 Å². The maximum absolute atomic E-state index is 10.1. The smallest absolute Gasteiger partial charge is 0.125 e. The van der Waals surface area contributed by atoms with E-state index >= 15 is 0 Å². The highest BCUT2D eigenvalue weighted by Gasteiger charge is 2.35. The Labute approximate surface area is 85.4 Å². The molecule has 0 saturated heterocycles. The molecular weight excluding hydrogens is 230 g/mol. The Hall–Kier alpha value is -0.670. The normalized spacial score (nSPS) is 25.7. The average Bonchev–Trinajstić information content (AvgIpc) is 2.45. The lowest BCUT2D eigenvalue weighted by molar-refractivity contribution is 0.0877. The molecule has 2 rings (SSSR count). The third kappa shape index (κ3) is 1.32. The molecular formula is C10H10BrNO. The van der Waals surface area contributed by atoms with Crippen molar-refractivity contribution in [3.63, 3.8) is 0 Å². The van der Waals surface area contributed by atoms with E-state index in [1.54, 1.807) is 6.08 Å². The minimum Gasteiger partial charge on any atom is -0.379 e. The van der Waals surface area contributed by atoms with Crippen molar-refractivity contribution in [2.45, 2.75) is 18.4 Å². The van der Waals surface area contributed by atoms with Gasteiger partial charge in [-0.2, -0.15) is 0 Å². The van der Waals surface area contributed by atoms with Crippen molar-refractivity contribution in [2.24, 2.45) is 0 Å². The molecule has 1 aliphatic carbocycles. The fraction of sp³-hybridized carbons (Fsp3) is 0.300. The molecule has 1 unspecified atom stereocenters. The molecule has 0 amide bonds. The zero-order valence-electron chi connectivity index (χ0n) is 7.13. The molecule has 1 aliphatic rings. The standard InChI is InChI=1S/C10H10BrNO/c1-2-10(13)6-5-7-3-4-8(11)12-9(7)10/h2-4,13H,1,5-6H2. The van der Waals surface area contributed by atoms with Crippen LogP contribution in [0.5, 0.6) is 0 Å². The van der Waals surface area contributed by atoms with Gasteiger partial charge in [0.2, 0.25) is 0 Å². The second kappa shape index (κ2) is 2.93. The van der Waals surface area contributed by atoms with E-state index in [1.165, 1.54) is 0 Å². The zero-order chi connectivity index (χ0) is 9.47. The lowest BCUT2D eigenvalue weighted by atomic mass is 10.0. The number of fused-ring (bicyclic) bond motifs is 1. The van der Waals surface area contributed by atoms with Crippen molar-refractivity contribution in [3.05, 3.63) is 40.6 Å². The van der Waals surface area contributed by atoms with Gasteiger partial charge < -0.3 is 5.11 Å². The lowest BCUT2D eigenvalue weighted by Gasteiger charge is -2.17. The summed E-state index contributed by atoms with van der Waals surface area (Å²) in [7, 11) is 0. The molecule has 0 radical (unpaired) electrons. The van der Waals surface area contributed by atoms with Crippen LogP contribution in [0.25, 0.3) is 0 Å².